The molecule has 1 heterocycles. The number of aromatic nitrogens is 1. The minimum absolute atomic E-state index is 0.0626. The van der Waals surface area contributed by atoms with Crippen LogP contribution in [0.15, 0.2) is 47.5 Å². The maximum atomic E-state index is 12.4. The molecule has 0 amide bonds. The van der Waals surface area contributed by atoms with E-state index in [1.54, 1.807) is 0 Å². The Balaban J connectivity index is 2.32. The summed E-state index contributed by atoms with van der Waals surface area (Å²) in [5, 5.41) is 0. The van der Waals surface area contributed by atoms with Gasteiger partial charge < -0.3 is 9.47 Å². The first kappa shape index (κ1) is 16.9. The zero-order valence-electron chi connectivity index (χ0n) is 11.7. The zero-order chi connectivity index (χ0) is 17.1. The van der Waals surface area contributed by atoms with Crippen molar-refractivity contribution >= 4 is 15.7 Å². The number of sulfonamides is 1. The van der Waals surface area contributed by atoms with Gasteiger partial charge in [0.05, 0.1) is 19.0 Å². The van der Waals surface area contributed by atoms with Gasteiger partial charge in [-0.25, -0.2) is 13.4 Å². The lowest BCUT2D eigenvalue weighted by atomic mass is 10.3. The van der Waals surface area contributed by atoms with Crippen LogP contribution in [0.1, 0.15) is 0 Å². The van der Waals surface area contributed by atoms with Crippen LogP contribution in [0.25, 0.3) is 0 Å². The second kappa shape index (κ2) is 6.32. The van der Waals surface area contributed by atoms with Crippen LogP contribution in [-0.2, 0) is 10.0 Å². The normalized spacial score (nSPS) is 11.8. The van der Waals surface area contributed by atoms with Gasteiger partial charge in [0, 0.05) is 6.07 Å². The van der Waals surface area contributed by atoms with Gasteiger partial charge in [0.1, 0.15) is 10.6 Å². The van der Waals surface area contributed by atoms with Gasteiger partial charge in [-0.05, 0) is 18.2 Å². The van der Waals surface area contributed by atoms with Crippen LogP contribution in [0.4, 0.5) is 18.9 Å². The largest absolute Gasteiger partial charge is 0.573 e. The van der Waals surface area contributed by atoms with E-state index in [-0.39, 0.29) is 11.6 Å². The summed E-state index contributed by atoms with van der Waals surface area (Å²) in [7, 11) is -2.91. The van der Waals surface area contributed by atoms with Gasteiger partial charge in [-0.2, -0.15) is 0 Å². The molecule has 0 radical (unpaired) electrons. The predicted octanol–water partition coefficient (Wildman–Crippen LogP) is 2.79. The van der Waals surface area contributed by atoms with Crippen LogP contribution in [0.2, 0.25) is 0 Å². The minimum atomic E-state index is -5.01. The number of hydrogen-bond donors (Lipinski definition) is 1. The van der Waals surface area contributed by atoms with Crippen LogP contribution in [0.5, 0.6) is 11.6 Å². The second-order valence-electron chi connectivity index (χ2n) is 4.19. The molecule has 0 spiro atoms. The molecule has 1 N–H and O–H groups in total. The molecule has 0 aliphatic rings. The molecule has 1 aromatic heterocycles. The third kappa shape index (κ3) is 4.49. The lowest BCUT2D eigenvalue weighted by Gasteiger charge is -2.14. The number of halogens is 3. The fourth-order valence-electron chi connectivity index (χ4n) is 1.65. The number of nitrogens with one attached hydrogen (secondary N) is 1. The van der Waals surface area contributed by atoms with Crippen molar-refractivity contribution < 1.29 is 31.1 Å². The highest BCUT2D eigenvalue weighted by molar-refractivity contribution is 7.92. The molecular formula is C13H11F3N2O4S. The molecule has 0 saturated heterocycles. The van der Waals surface area contributed by atoms with Gasteiger partial charge in [0.15, 0.2) is 0 Å². The third-order valence-electron chi connectivity index (χ3n) is 2.56. The molecule has 0 fully saturated rings. The SMILES string of the molecule is COc1ccc(NS(=O)(=O)c2ccccc2OC(F)(F)F)cn1. The Morgan fingerprint density at radius 2 is 1.83 bits per heavy atom. The standard InChI is InChI=1S/C13H11F3N2O4S/c1-21-12-7-6-9(8-17-12)18-23(19,20)11-5-3-2-4-10(11)22-13(14,15)16/h2-8,18H,1H3. The van der Waals surface area contributed by atoms with Gasteiger partial charge in [0.25, 0.3) is 10.0 Å². The number of nitrogens with zero attached hydrogens (tertiary/aromatic N) is 1. The van der Waals surface area contributed by atoms with E-state index < -0.39 is 27.0 Å². The summed E-state index contributed by atoms with van der Waals surface area (Å²) >= 11 is 0. The van der Waals surface area contributed by atoms with Gasteiger partial charge in [-0.3, -0.25) is 4.72 Å². The molecular weight excluding hydrogens is 337 g/mol. The summed E-state index contributed by atoms with van der Waals surface area (Å²) in [5.74, 6) is -0.567. The highest BCUT2D eigenvalue weighted by atomic mass is 32.2. The summed E-state index contributed by atoms with van der Waals surface area (Å²) < 4.78 is 72.2. The summed E-state index contributed by atoms with van der Waals surface area (Å²) in [6, 6.07) is 7.18. The first-order valence-electron chi connectivity index (χ1n) is 6.09. The van der Waals surface area contributed by atoms with Crippen molar-refractivity contribution in [2.24, 2.45) is 0 Å². The van der Waals surface area contributed by atoms with E-state index in [2.05, 4.69) is 14.4 Å². The summed E-state index contributed by atoms with van der Waals surface area (Å²) in [6.45, 7) is 0. The highest BCUT2D eigenvalue weighted by Crippen LogP contribution is 2.30. The minimum Gasteiger partial charge on any atom is -0.481 e. The predicted molar refractivity (Wildman–Crippen MR) is 74.7 cm³/mol. The second-order valence-corrected chi connectivity index (χ2v) is 5.84. The maximum Gasteiger partial charge on any atom is 0.573 e. The van der Waals surface area contributed by atoms with E-state index >= 15 is 0 Å². The average Bonchev–Trinajstić information content (AvgIpc) is 2.46. The molecule has 23 heavy (non-hydrogen) atoms. The van der Waals surface area contributed by atoms with Gasteiger partial charge in [0.2, 0.25) is 5.88 Å². The fourth-order valence-corrected chi connectivity index (χ4v) is 2.83. The Hall–Kier alpha value is -2.49. The molecule has 0 atom stereocenters. The van der Waals surface area contributed by atoms with Crippen LogP contribution < -0.4 is 14.2 Å². The summed E-state index contributed by atoms with van der Waals surface area (Å²) in [6.07, 6.45) is -3.84. The van der Waals surface area contributed by atoms with Crippen LogP contribution in [0, 0.1) is 0 Å². The van der Waals surface area contributed by atoms with E-state index in [1.165, 1.54) is 37.6 Å². The highest BCUT2D eigenvalue weighted by Gasteiger charge is 2.34. The van der Waals surface area contributed by atoms with E-state index in [4.69, 9.17) is 4.74 Å². The van der Waals surface area contributed by atoms with Crippen molar-refractivity contribution in [1.82, 2.24) is 4.98 Å². The summed E-state index contributed by atoms with van der Waals surface area (Å²) in [5.41, 5.74) is 0.0626. The van der Waals surface area contributed by atoms with Gasteiger partial charge >= 0.3 is 6.36 Å². The first-order chi connectivity index (χ1) is 10.7. The number of pyridine rings is 1. The molecule has 1 aromatic carbocycles. The molecule has 0 unspecified atom stereocenters. The number of hydrogen-bond acceptors (Lipinski definition) is 5. The molecule has 0 aliphatic heterocycles. The molecule has 0 aliphatic carbocycles. The van der Waals surface area contributed by atoms with E-state index in [1.807, 2.05) is 0 Å². The monoisotopic (exact) mass is 348 g/mol. The average molecular weight is 348 g/mol. The quantitative estimate of drug-likeness (QED) is 0.899. The van der Waals surface area contributed by atoms with Gasteiger partial charge in [-0.15, -0.1) is 13.2 Å². The number of para-hydroxylation sites is 1. The molecule has 2 rings (SSSR count). The van der Waals surface area contributed by atoms with Crippen molar-refractivity contribution in [3.05, 3.63) is 42.6 Å². The van der Waals surface area contributed by atoms with Crippen molar-refractivity contribution in [2.45, 2.75) is 11.3 Å². The Labute approximate surface area is 129 Å². The van der Waals surface area contributed by atoms with Crippen molar-refractivity contribution in [3.63, 3.8) is 0 Å². The molecule has 0 bridgehead atoms. The van der Waals surface area contributed by atoms with E-state index in [0.29, 0.717) is 0 Å². The molecule has 124 valence electrons. The number of alkyl halides is 3. The Morgan fingerprint density at radius 3 is 2.39 bits per heavy atom. The maximum absolute atomic E-state index is 12.4. The summed E-state index contributed by atoms with van der Waals surface area (Å²) in [4.78, 5) is 3.15. The fraction of sp³-hybridized carbons (Fsp3) is 0.154. The zero-order valence-corrected chi connectivity index (χ0v) is 12.5. The number of ether oxygens (including phenoxy) is 2. The van der Waals surface area contributed by atoms with Crippen molar-refractivity contribution in [2.75, 3.05) is 11.8 Å². The topological polar surface area (TPSA) is 77.5 Å². The van der Waals surface area contributed by atoms with E-state index in [9.17, 15) is 21.6 Å². The number of benzene rings is 1. The van der Waals surface area contributed by atoms with Crippen molar-refractivity contribution in [1.29, 1.82) is 0 Å². The Kier molecular flexibility index (Phi) is 4.64. The van der Waals surface area contributed by atoms with E-state index in [0.717, 1.165) is 12.1 Å². The number of methoxy groups -OCH3 is 1. The Morgan fingerprint density at radius 1 is 1.13 bits per heavy atom. The van der Waals surface area contributed by atoms with Crippen molar-refractivity contribution in [3.8, 4) is 11.6 Å². The van der Waals surface area contributed by atoms with Gasteiger partial charge in [-0.1, -0.05) is 12.1 Å². The Bertz CT molecular complexity index is 777. The lowest BCUT2D eigenvalue weighted by Crippen LogP contribution is -2.20. The van der Waals surface area contributed by atoms with Crippen LogP contribution in [0.3, 0.4) is 0 Å². The smallest absolute Gasteiger partial charge is 0.481 e. The number of anilines is 1. The lowest BCUT2D eigenvalue weighted by molar-refractivity contribution is -0.275. The van der Waals surface area contributed by atoms with Crippen LogP contribution >= 0.6 is 0 Å². The molecule has 10 heteroatoms. The number of rotatable bonds is 5. The molecule has 0 saturated carbocycles. The first-order valence-corrected chi connectivity index (χ1v) is 7.57. The molecule has 2 aromatic rings. The molecule has 6 nitrogen and oxygen atoms in total. The third-order valence-corrected chi connectivity index (χ3v) is 3.98. The van der Waals surface area contributed by atoms with Crippen LogP contribution in [-0.4, -0.2) is 26.9 Å².